The van der Waals surface area contributed by atoms with Crippen LogP contribution >= 0.6 is 0 Å². The third kappa shape index (κ3) is 1.66. The fourth-order valence-electron chi connectivity index (χ4n) is 1.72. The standard InChI is InChI=1S/C9H16FNO/c1-4-7(12)9(10)5-8(2,3)11-6-9/h11H,4-6H2,1-3H3/t9-/m0/s1. The van der Waals surface area contributed by atoms with Crippen molar-refractivity contribution >= 4 is 5.78 Å². The van der Waals surface area contributed by atoms with Crippen molar-refractivity contribution in [3.63, 3.8) is 0 Å². The number of halogens is 1. The molecule has 0 radical (unpaired) electrons. The molecule has 1 heterocycles. The molecule has 0 aromatic heterocycles. The van der Waals surface area contributed by atoms with Crippen LogP contribution in [0.1, 0.15) is 33.6 Å². The average Bonchev–Trinajstić information content (AvgIpc) is 2.25. The van der Waals surface area contributed by atoms with E-state index in [1.807, 2.05) is 13.8 Å². The van der Waals surface area contributed by atoms with Gasteiger partial charge in [-0.15, -0.1) is 0 Å². The second-order valence-electron chi connectivity index (χ2n) is 4.16. The van der Waals surface area contributed by atoms with E-state index in [9.17, 15) is 9.18 Å². The van der Waals surface area contributed by atoms with E-state index in [2.05, 4.69) is 5.32 Å². The van der Waals surface area contributed by atoms with Crippen molar-refractivity contribution < 1.29 is 9.18 Å². The topological polar surface area (TPSA) is 29.1 Å². The van der Waals surface area contributed by atoms with Crippen LogP contribution in [0, 0.1) is 0 Å². The van der Waals surface area contributed by atoms with E-state index in [0.717, 1.165) is 0 Å². The predicted molar refractivity (Wildman–Crippen MR) is 45.8 cm³/mol. The Kier molecular flexibility index (Phi) is 2.25. The molecule has 0 aliphatic carbocycles. The van der Waals surface area contributed by atoms with Crippen molar-refractivity contribution in [1.29, 1.82) is 0 Å². The highest BCUT2D eigenvalue weighted by Gasteiger charge is 2.47. The number of nitrogens with one attached hydrogen (secondary N) is 1. The lowest BCUT2D eigenvalue weighted by Crippen LogP contribution is -2.35. The van der Waals surface area contributed by atoms with Gasteiger partial charge in [0.05, 0.1) is 0 Å². The van der Waals surface area contributed by atoms with E-state index >= 15 is 0 Å². The van der Waals surface area contributed by atoms with Gasteiger partial charge in [-0.25, -0.2) is 4.39 Å². The highest BCUT2D eigenvalue weighted by Crippen LogP contribution is 2.31. The lowest BCUT2D eigenvalue weighted by Gasteiger charge is -2.19. The lowest BCUT2D eigenvalue weighted by molar-refractivity contribution is -0.129. The van der Waals surface area contributed by atoms with E-state index in [-0.39, 0.29) is 24.3 Å². The van der Waals surface area contributed by atoms with Gasteiger partial charge in [-0.3, -0.25) is 4.79 Å². The maximum atomic E-state index is 13.8. The quantitative estimate of drug-likeness (QED) is 0.684. The smallest absolute Gasteiger partial charge is 0.182 e. The van der Waals surface area contributed by atoms with E-state index in [1.54, 1.807) is 6.92 Å². The Labute approximate surface area is 72.5 Å². The molecule has 1 aliphatic rings. The van der Waals surface area contributed by atoms with Gasteiger partial charge >= 0.3 is 0 Å². The van der Waals surface area contributed by atoms with E-state index in [1.165, 1.54) is 0 Å². The van der Waals surface area contributed by atoms with E-state index in [0.29, 0.717) is 6.42 Å². The molecule has 0 unspecified atom stereocenters. The number of Topliss-reactive ketones (excluding diaryl/α,β-unsaturated/α-hetero) is 1. The van der Waals surface area contributed by atoms with Gasteiger partial charge in [0.1, 0.15) is 0 Å². The molecular weight excluding hydrogens is 157 g/mol. The van der Waals surface area contributed by atoms with Crippen LogP contribution in [-0.4, -0.2) is 23.5 Å². The number of carbonyl (C=O) groups is 1. The summed E-state index contributed by atoms with van der Waals surface area (Å²) < 4.78 is 13.8. The van der Waals surface area contributed by atoms with Gasteiger partial charge in [0.2, 0.25) is 0 Å². The zero-order valence-corrected chi connectivity index (χ0v) is 7.91. The first-order valence-electron chi connectivity index (χ1n) is 4.37. The van der Waals surface area contributed by atoms with Crippen molar-refractivity contribution in [3.05, 3.63) is 0 Å². The third-order valence-electron chi connectivity index (χ3n) is 2.39. The van der Waals surface area contributed by atoms with Gasteiger partial charge in [-0.05, 0) is 13.8 Å². The van der Waals surface area contributed by atoms with Crippen LogP contribution in [0.5, 0.6) is 0 Å². The van der Waals surface area contributed by atoms with Gasteiger partial charge in [0.25, 0.3) is 0 Å². The van der Waals surface area contributed by atoms with Crippen molar-refractivity contribution in [2.24, 2.45) is 0 Å². The minimum Gasteiger partial charge on any atom is -0.308 e. The molecule has 0 saturated carbocycles. The number of hydrogen-bond donors (Lipinski definition) is 1. The van der Waals surface area contributed by atoms with Crippen LogP contribution in [0.4, 0.5) is 4.39 Å². The minimum absolute atomic E-state index is 0.173. The zero-order chi connectivity index (χ0) is 9.41. The Morgan fingerprint density at radius 1 is 1.58 bits per heavy atom. The Hall–Kier alpha value is -0.440. The first-order valence-corrected chi connectivity index (χ1v) is 4.37. The van der Waals surface area contributed by atoms with Crippen LogP contribution in [0.15, 0.2) is 0 Å². The summed E-state index contributed by atoms with van der Waals surface area (Å²) in [4.78, 5) is 11.2. The molecule has 1 aliphatic heterocycles. The summed E-state index contributed by atoms with van der Waals surface area (Å²) in [6, 6.07) is 0. The first kappa shape index (κ1) is 9.65. The summed E-state index contributed by atoms with van der Waals surface area (Å²) in [6.45, 7) is 5.70. The molecule has 1 N–H and O–H groups in total. The molecule has 1 rings (SSSR count). The molecule has 70 valence electrons. The molecule has 1 saturated heterocycles. The molecule has 0 spiro atoms. The molecule has 3 heteroatoms. The third-order valence-corrected chi connectivity index (χ3v) is 2.39. The van der Waals surface area contributed by atoms with Crippen molar-refractivity contribution in [1.82, 2.24) is 5.32 Å². The Morgan fingerprint density at radius 2 is 2.17 bits per heavy atom. The van der Waals surface area contributed by atoms with Crippen LogP contribution < -0.4 is 5.32 Å². The number of alkyl halides is 1. The minimum atomic E-state index is -1.61. The molecule has 1 fully saturated rings. The second kappa shape index (κ2) is 2.80. The second-order valence-corrected chi connectivity index (χ2v) is 4.16. The normalized spacial score (nSPS) is 33.7. The van der Waals surface area contributed by atoms with E-state index < -0.39 is 5.67 Å². The van der Waals surface area contributed by atoms with E-state index in [4.69, 9.17) is 0 Å². The van der Waals surface area contributed by atoms with Crippen molar-refractivity contribution in [2.75, 3.05) is 6.54 Å². The lowest BCUT2D eigenvalue weighted by atomic mass is 9.90. The fourth-order valence-corrected chi connectivity index (χ4v) is 1.72. The van der Waals surface area contributed by atoms with Gasteiger partial charge in [-0.1, -0.05) is 6.92 Å². The Bertz CT molecular complexity index is 203. The zero-order valence-electron chi connectivity index (χ0n) is 7.91. The van der Waals surface area contributed by atoms with Crippen LogP contribution in [0.2, 0.25) is 0 Å². The number of carbonyl (C=O) groups excluding carboxylic acids is 1. The molecule has 0 aromatic rings. The summed E-state index contributed by atoms with van der Waals surface area (Å²) in [5, 5.41) is 3.01. The molecule has 0 amide bonds. The maximum Gasteiger partial charge on any atom is 0.182 e. The van der Waals surface area contributed by atoms with Crippen molar-refractivity contribution in [2.45, 2.75) is 44.8 Å². The van der Waals surface area contributed by atoms with Crippen molar-refractivity contribution in [3.8, 4) is 0 Å². The number of rotatable bonds is 2. The monoisotopic (exact) mass is 173 g/mol. The van der Waals surface area contributed by atoms with Gasteiger partial charge in [0.15, 0.2) is 11.5 Å². The predicted octanol–water partition coefficient (Wildman–Crippen LogP) is 1.45. The number of hydrogen-bond acceptors (Lipinski definition) is 2. The SMILES string of the molecule is CCC(=O)[C@@]1(F)CNC(C)(C)C1. The molecule has 0 aromatic carbocycles. The van der Waals surface area contributed by atoms with Gasteiger partial charge in [-0.2, -0.15) is 0 Å². The maximum absolute atomic E-state index is 13.8. The van der Waals surface area contributed by atoms with Gasteiger partial charge in [0, 0.05) is 24.9 Å². The van der Waals surface area contributed by atoms with Crippen LogP contribution in [0.3, 0.4) is 0 Å². The summed E-state index contributed by atoms with van der Waals surface area (Å²) >= 11 is 0. The first-order chi connectivity index (χ1) is 5.40. The van der Waals surface area contributed by atoms with Crippen LogP contribution in [-0.2, 0) is 4.79 Å². The molecule has 12 heavy (non-hydrogen) atoms. The summed E-state index contributed by atoms with van der Waals surface area (Å²) in [7, 11) is 0. The summed E-state index contributed by atoms with van der Waals surface area (Å²) in [5.74, 6) is -0.277. The molecule has 0 bridgehead atoms. The molecule has 1 atom stereocenters. The summed E-state index contributed by atoms with van der Waals surface area (Å²) in [5.41, 5.74) is -1.85. The Morgan fingerprint density at radius 3 is 2.50 bits per heavy atom. The van der Waals surface area contributed by atoms with Gasteiger partial charge < -0.3 is 5.32 Å². The fraction of sp³-hybridized carbons (Fsp3) is 0.889. The Balaban J connectivity index is 2.71. The molecule has 2 nitrogen and oxygen atoms in total. The largest absolute Gasteiger partial charge is 0.308 e. The average molecular weight is 173 g/mol. The number of ketones is 1. The highest BCUT2D eigenvalue weighted by atomic mass is 19.1. The van der Waals surface area contributed by atoms with Crippen LogP contribution in [0.25, 0.3) is 0 Å². The summed E-state index contributed by atoms with van der Waals surface area (Å²) in [6.07, 6.45) is 0.584. The highest BCUT2D eigenvalue weighted by molar-refractivity contribution is 5.87. The molecular formula is C9H16FNO.